The molecule has 1 aliphatic carbocycles. The number of likely N-dealkylation sites (tertiary alicyclic amines) is 1. The molecule has 0 spiro atoms. The number of carbonyl (C=O) groups is 3. The van der Waals surface area contributed by atoms with Crippen molar-refractivity contribution in [1.82, 2.24) is 15.1 Å². The Morgan fingerprint density at radius 1 is 1.11 bits per heavy atom. The first-order valence-corrected chi connectivity index (χ1v) is 13.4. The van der Waals surface area contributed by atoms with Crippen LogP contribution in [0.15, 0.2) is 24.3 Å². The van der Waals surface area contributed by atoms with Gasteiger partial charge in [0, 0.05) is 37.4 Å². The number of hydrogen-bond acceptors (Lipinski definition) is 6. The number of anilines is 1. The van der Waals surface area contributed by atoms with E-state index in [1.807, 2.05) is 12.1 Å². The van der Waals surface area contributed by atoms with Gasteiger partial charge in [-0.1, -0.05) is 19.8 Å². The Hall–Kier alpha value is -2.52. The Balaban J connectivity index is 1.26. The molecule has 4 aliphatic rings. The van der Waals surface area contributed by atoms with Crippen LogP contribution >= 0.6 is 0 Å². The molecule has 0 unspecified atom stereocenters. The molecule has 0 radical (unpaired) electrons. The monoisotopic (exact) mass is 500 g/mol. The van der Waals surface area contributed by atoms with E-state index in [9.17, 15) is 18.8 Å². The molecule has 8 nitrogen and oxygen atoms in total. The van der Waals surface area contributed by atoms with Gasteiger partial charge < -0.3 is 19.9 Å². The summed E-state index contributed by atoms with van der Waals surface area (Å²) in [6, 6.07) is 5.87. The highest BCUT2D eigenvalue weighted by molar-refractivity contribution is 5.99. The molecule has 9 heteroatoms. The van der Waals surface area contributed by atoms with Crippen LogP contribution in [0, 0.1) is 5.92 Å². The molecule has 2 amide bonds. The SMILES string of the molecule is CCCN1CCN(c2ccc(C(=O)N[C@H](C(=O)N3C[C@H](F)[C@H]4OCC(=O)[C@H]43)C3CCCC3)cc2)CC1. The van der Waals surface area contributed by atoms with Crippen molar-refractivity contribution in [2.75, 3.05) is 50.8 Å². The minimum Gasteiger partial charge on any atom is -0.369 e. The predicted octanol–water partition coefficient (Wildman–Crippen LogP) is 2.02. The van der Waals surface area contributed by atoms with Gasteiger partial charge in [-0.3, -0.25) is 19.3 Å². The van der Waals surface area contributed by atoms with Crippen molar-refractivity contribution in [3.63, 3.8) is 0 Å². The van der Waals surface area contributed by atoms with E-state index in [1.54, 1.807) is 12.1 Å². The van der Waals surface area contributed by atoms with Gasteiger partial charge in [-0.05, 0) is 56.0 Å². The van der Waals surface area contributed by atoms with E-state index in [4.69, 9.17) is 4.74 Å². The average molecular weight is 501 g/mol. The molecule has 36 heavy (non-hydrogen) atoms. The lowest BCUT2D eigenvalue weighted by Gasteiger charge is -2.36. The summed E-state index contributed by atoms with van der Waals surface area (Å²) >= 11 is 0. The zero-order valence-corrected chi connectivity index (χ0v) is 21.0. The van der Waals surface area contributed by atoms with Gasteiger partial charge in [-0.25, -0.2) is 4.39 Å². The highest BCUT2D eigenvalue weighted by Gasteiger charge is 2.54. The summed E-state index contributed by atoms with van der Waals surface area (Å²) in [6.07, 6.45) is 2.51. The van der Waals surface area contributed by atoms with Gasteiger partial charge in [-0.15, -0.1) is 0 Å². The standard InChI is InChI=1S/C27H37FN4O4/c1-2-11-30-12-14-31(15-13-30)20-9-7-19(8-10-20)26(34)29-23(18-5-3-4-6-18)27(35)32-16-21(28)25-24(32)22(33)17-36-25/h7-10,18,21,23-25H,2-6,11-17H2,1H3,(H,29,34)/t21-,23-,24+,25+/m0/s1. The Morgan fingerprint density at radius 3 is 2.47 bits per heavy atom. The van der Waals surface area contributed by atoms with E-state index in [-0.39, 0.29) is 36.7 Å². The molecule has 1 aromatic rings. The van der Waals surface area contributed by atoms with Gasteiger partial charge in [0.25, 0.3) is 5.91 Å². The Kier molecular flexibility index (Phi) is 7.57. The molecular weight excluding hydrogens is 463 g/mol. The fraction of sp³-hybridized carbons (Fsp3) is 0.667. The van der Waals surface area contributed by atoms with Crippen molar-refractivity contribution in [2.24, 2.45) is 5.92 Å². The Bertz CT molecular complexity index is 959. The molecule has 3 saturated heterocycles. The number of benzene rings is 1. The Morgan fingerprint density at radius 2 is 1.81 bits per heavy atom. The van der Waals surface area contributed by atoms with Gasteiger partial charge in [0.05, 0.1) is 6.54 Å². The molecule has 0 aromatic heterocycles. The zero-order chi connectivity index (χ0) is 25.2. The molecule has 3 aliphatic heterocycles. The molecule has 3 heterocycles. The second-order valence-electron chi connectivity index (χ2n) is 10.6. The number of nitrogens with zero attached hydrogens (tertiary/aromatic N) is 3. The largest absolute Gasteiger partial charge is 0.369 e. The van der Waals surface area contributed by atoms with Crippen molar-refractivity contribution in [1.29, 1.82) is 0 Å². The number of halogens is 1. The van der Waals surface area contributed by atoms with Crippen LogP contribution in [0.4, 0.5) is 10.1 Å². The second-order valence-corrected chi connectivity index (χ2v) is 10.6. The van der Waals surface area contributed by atoms with Crippen LogP contribution in [-0.2, 0) is 14.3 Å². The lowest BCUT2D eigenvalue weighted by atomic mass is 9.95. The van der Waals surface area contributed by atoms with Crippen LogP contribution in [0.3, 0.4) is 0 Å². The van der Waals surface area contributed by atoms with Gasteiger partial charge in [-0.2, -0.15) is 0 Å². The summed E-state index contributed by atoms with van der Waals surface area (Å²) in [5.41, 5.74) is 1.57. The summed E-state index contributed by atoms with van der Waals surface area (Å²) in [5.74, 6) is -0.974. The lowest BCUT2D eigenvalue weighted by molar-refractivity contribution is -0.139. The van der Waals surface area contributed by atoms with Crippen molar-refractivity contribution in [3.8, 4) is 0 Å². The van der Waals surface area contributed by atoms with Crippen LogP contribution in [-0.4, -0.2) is 97.6 Å². The van der Waals surface area contributed by atoms with Gasteiger partial charge in [0.2, 0.25) is 5.91 Å². The smallest absolute Gasteiger partial charge is 0.251 e. The van der Waals surface area contributed by atoms with E-state index in [0.717, 1.165) is 70.5 Å². The number of nitrogens with one attached hydrogen (secondary N) is 1. The fourth-order valence-electron chi connectivity index (χ4n) is 6.27. The summed E-state index contributed by atoms with van der Waals surface area (Å²) in [5, 5.41) is 2.96. The number of fused-ring (bicyclic) bond motifs is 1. The maximum Gasteiger partial charge on any atom is 0.251 e. The van der Waals surface area contributed by atoms with E-state index in [2.05, 4.69) is 22.0 Å². The topological polar surface area (TPSA) is 82.2 Å². The minimum atomic E-state index is -1.39. The number of rotatable bonds is 7. The predicted molar refractivity (Wildman–Crippen MR) is 134 cm³/mol. The third-order valence-corrected chi connectivity index (χ3v) is 8.24. The van der Waals surface area contributed by atoms with Crippen LogP contribution in [0.1, 0.15) is 49.4 Å². The van der Waals surface area contributed by atoms with E-state index in [0.29, 0.717) is 5.56 Å². The third kappa shape index (κ3) is 5.00. The maximum absolute atomic E-state index is 14.5. The van der Waals surface area contributed by atoms with Crippen molar-refractivity contribution in [3.05, 3.63) is 29.8 Å². The molecule has 4 fully saturated rings. The average Bonchev–Trinajstić information content (AvgIpc) is 3.63. The molecule has 1 aromatic carbocycles. The minimum absolute atomic E-state index is 0.0188. The first-order chi connectivity index (χ1) is 17.5. The highest BCUT2D eigenvalue weighted by atomic mass is 19.1. The van der Waals surface area contributed by atoms with Gasteiger partial charge >= 0.3 is 0 Å². The third-order valence-electron chi connectivity index (χ3n) is 8.24. The van der Waals surface area contributed by atoms with E-state index in [1.165, 1.54) is 4.90 Å². The van der Waals surface area contributed by atoms with Crippen LogP contribution in [0.2, 0.25) is 0 Å². The normalized spacial score (nSPS) is 27.9. The van der Waals surface area contributed by atoms with Gasteiger partial charge in [0.15, 0.2) is 5.78 Å². The number of ether oxygens (including phenoxy) is 1. The zero-order valence-electron chi connectivity index (χ0n) is 21.0. The van der Waals surface area contributed by atoms with Crippen LogP contribution < -0.4 is 10.2 Å². The molecular formula is C27H37FN4O4. The van der Waals surface area contributed by atoms with E-state index < -0.39 is 24.4 Å². The quantitative estimate of drug-likeness (QED) is 0.617. The van der Waals surface area contributed by atoms with Crippen molar-refractivity contribution < 1.29 is 23.5 Å². The number of amides is 2. The summed E-state index contributed by atoms with van der Waals surface area (Å²) in [6.45, 7) is 6.97. The maximum atomic E-state index is 14.5. The molecule has 0 bridgehead atoms. The second kappa shape index (κ2) is 10.8. The molecule has 5 rings (SSSR count). The number of Topliss-reactive ketones (excluding diaryl/α,β-unsaturated/α-hetero) is 1. The molecule has 196 valence electrons. The summed E-state index contributed by atoms with van der Waals surface area (Å²) < 4.78 is 19.8. The van der Waals surface area contributed by atoms with Crippen LogP contribution in [0.25, 0.3) is 0 Å². The van der Waals surface area contributed by atoms with Crippen molar-refractivity contribution >= 4 is 23.3 Å². The number of hydrogen-bond donors (Lipinski definition) is 1. The van der Waals surface area contributed by atoms with Gasteiger partial charge in [0.1, 0.15) is 31.0 Å². The number of piperazine rings is 1. The number of ketones is 1. The Labute approximate surface area is 212 Å². The molecule has 1 saturated carbocycles. The fourth-order valence-corrected chi connectivity index (χ4v) is 6.27. The highest BCUT2D eigenvalue weighted by Crippen LogP contribution is 2.34. The molecule has 1 N–H and O–H groups in total. The van der Waals surface area contributed by atoms with Crippen molar-refractivity contribution in [2.45, 2.75) is 63.4 Å². The first kappa shape index (κ1) is 25.1. The molecule has 4 atom stereocenters. The lowest BCUT2D eigenvalue weighted by Crippen LogP contribution is -2.54. The van der Waals surface area contributed by atoms with Crippen LogP contribution in [0.5, 0.6) is 0 Å². The van der Waals surface area contributed by atoms with E-state index >= 15 is 0 Å². The summed E-state index contributed by atoms with van der Waals surface area (Å²) in [4.78, 5) is 45.3. The summed E-state index contributed by atoms with van der Waals surface area (Å²) in [7, 11) is 0. The number of carbonyl (C=O) groups excluding carboxylic acids is 3. The number of alkyl halides is 1. The first-order valence-electron chi connectivity index (χ1n) is 13.4.